The summed E-state index contributed by atoms with van der Waals surface area (Å²) in [6, 6.07) is 1.87. The highest BCUT2D eigenvalue weighted by Crippen LogP contribution is 2.30. The van der Waals surface area contributed by atoms with Crippen molar-refractivity contribution < 1.29 is 5.21 Å². The molecular formula is C11H14N6OS. The third kappa shape index (κ3) is 2.68. The van der Waals surface area contributed by atoms with Crippen molar-refractivity contribution >= 4 is 17.6 Å². The summed E-state index contributed by atoms with van der Waals surface area (Å²) in [5.74, 6) is 0.0367. The van der Waals surface area contributed by atoms with Gasteiger partial charge in [-0.25, -0.2) is 9.67 Å². The fourth-order valence-corrected chi connectivity index (χ4v) is 2.77. The quantitative estimate of drug-likeness (QED) is 0.377. The van der Waals surface area contributed by atoms with Crippen molar-refractivity contribution in [2.24, 2.45) is 17.9 Å². The first-order valence-electron chi connectivity index (χ1n) is 5.51. The van der Waals surface area contributed by atoms with Gasteiger partial charge in [0.1, 0.15) is 6.33 Å². The number of pyridine rings is 1. The van der Waals surface area contributed by atoms with Crippen molar-refractivity contribution in [2.75, 3.05) is 0 Å². The van der Waals surface area contributed by atoms with E-state index in [1.165, 1.54) is 18.1 Å². The topological polar surface area (TPSA) is 102 Å². The molecule has 19 heavy (non-hydrogen) atoms. The van der Waals surface area contributed by atoms with Gasteiger partial charge in [-0.15, -0.1) is 0 Å². The molecule has 3 N–H and O–H groups in total. The van der Waals surface area contributed by atoms with E-state index in [1.807, 2.05) is 19.9 Å². The number of rotatable bonds is 3. The number of aryl methyl sites for hydroxylation is 3. The van der Waals surface area contributed by atoms with E-state index < -0.39 is 0 Å². The summed E-state index contributed by atoms with van der Waals surface area (Å²) in [4.78, 5) is 9.30. The molecule has 2 aromatic rings. The fourth-order valence-electron chi connectivity index (χ4n) is 1.71. The minimum Gasteiger partial charge on any atom is -0.409 e. The third-order valence-corrected chi connectivity index (χ3v) is 3.62. The van der Waals surface area contributed by atoms with Gasteiger partial charge in [0.25, 0.3) is 0 Å². The van der Waals surface area contributed by atoms with Gasteiger partial charge in [0, 0.05) is 23.3 Å². The zero-order valence-electron chi connectivity index (χ0n) is 10.8. The number of nitrogens with zero attached hydrogens (tertiary/aromatic N) is 5. The van der Waals surface area contributed by atoms with E-state index in [4.69, 9.17) is 10.9 Å². The van der Waals surface area contributed by atoms with E-state index in [0.717, 1.165) is 15.7 Å². The zero-order chi connectivity index (χ0) is 14.0. The Balaban J connectivity index is 2.52. The lowest BCUT2D eigenvalue weighted by Crippen LogP contribution is -2.17. The van der Waals surface area contributed by atoms with Gasteiger partial charge in [0.15, 0.2) is 11.0 Å². The van der Waals surface area contributed by atoms with Crippen LogP contribution in [-0.2, 0) is 7.05 Å². The Bertz CT molecular complexity index is 636. The molecule has 8 heteroatoms. The van der Waals surface area contributed by atoms with Gasteiger partial charge >= 0.3 is 0 Å². The number of hydrogen-bond acceptors (Lipinski definition) is 6. The van der Waals surface area contributed by atoms with Gasteiger partial charge in [0.2, 0.25) is 0 Å². The van der Waals surface area contributed by atoms with Gasteiger partial charge in [-0.05, 0) is 31.7 Å². The number of oxime groups is 1. The molecular weight excluding hydrogens is 264 g/mol. The molecule has 2 rings (SSSR count). The predicted molar refractivity (Wildman–Crippen MR) is 71.3 cm³/mol. The minimum atomic E-state index is 0.0367. The Morgan fingerprint density at radius 3 is 2.79 bits per heavy atom. The average Bonchev–Trinajstić information content (AvgIpc) is 2.73. The predicted octanol–water partition coefficient (Wildman–Crippen LogP) is 1.07. The molecule has 2 aromatic heterocycles. The summed E-state index contributed by atoms with van der Waals surface area (Å²) in [7, 11) is 1.80. The van der Waals surface area contributed by atoms with Crippen molar-refractivity contribution in [2.45, 2.75) is 23.9 Å². The zero-order valence-corrected chi connectivity index (χ0v) is 11.6. The molecule has 0 spiro atoms. The highest BCUT2D eigenvalue weighted by Gasteiger charge is 2.15. The van der Waals surface area contributed by atoms with Crippen molar-refractivity contribution in [1.29, 1.82) is 0 Å². The van der Waals surface area contributed by atoms with Gasteiger partial charge in [-0.1, -0.05) is 5.16 Å². The number of hydrogen-bond donors (Lipinski definition) is 2. The SMILES string of the molecule is Cc1cc(Sc2ncnn2C)c(/C(N)=N/O)c(C)n1. The van der Waals surface area contributed by atoms with E-state index in [1.54, 1.807) is 11.7 Å². The van der Waals surface area contributed by atoms with Gasteiger partial charge in [-0.3, -0.25) is 4.98 Å². The van der Waals surface area contributed by atoms with Crippen LogP contribution in [0.15, 0.2) is 27.6 Å². The molecule has 7 nitrogen and oxygen atoms in total. The first-order chi connectivity index (χ1) is 9.02. The third-order valence-electron chi connectivity index (χ3n) is 2.53. The van der Waals surface area contributed by atoms with Crippen molar-refractivity contribution in [3.05, 3.63) is 29.3 Å². The molecule has 0 saturated heterocycles. The van der Waals surface area contributed by atoms with Crippen LogP contribution in [0.25, 0.3) is 0 Å². The summed E-state index contributed by atoms with van der Waals surface area (Å²) in [6.45, 7) is 3.71. The van der Waals surface area contributed by atoms with Crippen LogP contribution in [0, 0.1) is 13.8 Å². The van der Waals surface area contributed by atoms with Crippen molar-refractivity contribution in [3.63, 3.8) is 0 Å². The lowest BCUT2D eigenvalue weighted by atomic mass is 10.1. The second-order valence-electron chi connectivity index (χ2n) is 3.98. The van der Waals surface area contributed by atoms with Crippen molar-refractivity contribution in [1.82, 2.24) is 19.7 Å². The Hall–Kier alpha value is -2.09. The van der Waals surface area contributed by atoms with E-state index in [2.05, 4.69) is 20.2 Å². The number of amidine groups is 1. The largest absolute Gasteiger partial charge is 0.409 e. The van der Waals surface area contributed by atoms with Crippen LogP contribution < -0.4 is 5.73 Å². The second-order valence-corrected chi connectivity index (χ2v) is 4.98. The molecule has 0 bridgehead atoms. The molecule has 0 aliphatic rings. The van der Waals surface area contributed by atoms with E-state index in [9.17, 15) is 0 Å². The Morgan fingerprint density at radius 1 is 1.47 bits per heavy atom. The Morgan fingerprint density at radius 2 is 2.21 bits per heavy atom. The van der Waals surface area contributed by atoms with Crippen LogP contribution >= 0.6 is 11.8 Å². The van der Waals surface area contributed by atoms with Crippen LogP contribution in [-0.4, -0.2) is 30.8 Å². The van der Waals surface area contributed by atoms with E-state index >= 15 is 0 Å². The molecule has 0 fully saturated rings. The first-order valence-corrected chi connectivity index (χ1v) is 6.32. The van der Waals surface area contributed by atoms with Crippen LogP contribution in [0.4, 0.5) is 0 Å². The minimum absolute atomic E-state index is 0.0367. The van der Waals surface area contributed by atoms with Gasteiger partial charge in [-0.2, -0.15) is 5.10 Å². The summed E-state index contributed by atoms with van der Waals surface area (Å²) in [5.41, 5.74) is 7.90. The van der Waals surface area contributed by atoms with Crippen LogP contribution in [0.1, 0.15) is 17.0 Å². The standard InChI is InChI=1S/C11H14N6OS/c1-6-4-8(19-11-13-5-14-17(11)3)9(7(2)15-6)10(12)16-18/h4-5,18H,1-3H3,(H2,12,16). The molecule has 100 valence electrons. The van der Waals surface area contributed by atoms with Crippen molar-refractivity contribution in [3.8, 4) is 0 Å². The van der Waals surface area contributed by atoms with E-state index in [-0.39, 0.29) is 5.84 Å². The molecule has 0 aliphatic carbocycles. The summed E-state index contributed by atoms with van der Waals surface area (Å²) >= 11 is 1.40. The summed E-state index contributed by atoms with van der Waals surface area (Å²) in [6.07, 6.45) is 1.48. The molecule has 0 unspecified atom stereocenters. The molecule has 0 amide bonds. The monoisotopic (exact) mass is 278 g/mol. The Labute approximate surface area is 114 Å². The normalized spacial score (nSPS) is 11.8. The molecule has 0 aliphatic heterocycles. The van der Waals surface area contributed by atoms with Gasteiger partial charge < -0.3 is 10.9 Å². The fraction of sp³-hybridized carbons (Fsp3) is 0.273. The molecule has 2 heterocycles. The maximum atomic E-state index is 8.88. The van der Waals surface area contributed by atoms with E-state index in [0.29, 0.717) is 11.3 Å². The maximum Gasteiger partial charge on any atom is 0.190 e. The molecule has 0 radical (unpaired) electrons. The second kappa shape index (κ2) is 5.27. The average molecular weight is 278 g/mol. The number of aromatic nitrogens is 4. The highest BCUT2D eigenvalue weighted by molar-refractivity contribution is 7.99. The lowest BCUT2D eigenvalue weighted by molar-refractivity contribution is 0.318. The van der Waals surface area contributed by atoms with Gasteiger partial charge in [0.05, 0.1) is 5.56 Å². The summed E-state index contributed by atoms with van der Waals surface area (Å²) in [5, 5.41) is 16.7. The molecule has 0 atom stereocenters. The molecule has 0 aromatic carbocycles. The van der Waals surface area contributed by atoms with Crippen LogP contribution in [0.3, 0.4) is 0 Å². The lowest BCUT2D eigenvalue weighted by Gasteiger charge is -2.11. The summed E-state index contributed by atoms with van der Waals surface area (Å²) < 4.78 is 1.66. The Kier molecular flexibility index (Phi) is 3.70. The highest BCUT2D eigenvalue weighted by atomic mass is 32.2. The molecule has 0 saturated carbocycles. The number of nitrogens with two attached hydrogens (primary N) is 1. The smallest absolute Gasteiger partial charge is 0.190 e. The maximum absolute atomic E-state index is 8.88. The van der Waals surface area contributed by atoms with Crippen LogP contribution in [0.5, 0.6) is 0 Å². The van der Waals surface area contributed by atoms with Crippen LogP contribution in [0.2, 0.25) is 0 Å². The first kappa shape index (κ1) is 13.3.